The summed E-state index contributed by atoms with van der Waals surface area (Å²) in [6.07, 6.45) is -3.64. The Labute approximate surface area is 133 Å². The quantitative estimate of drug-likeness (QED) is 0.881. The molecule has 8 heteroatoms. The minimum atomic E-state index is -4.53. The molecular formula is C15H21F3N4O. The van der Waals surface area contributed by atoms with Gasteiger partial charge in [-0.05, 0) is 40.2 Å². The van der Waals surface area contributed by atoms with Crippen molar-refractivity contribution in [3.8, 4) is 0 Å². The third kappa shape index (κ3) is 4.19. The third-order valence-electron chi connectivity index (χ3n) is 4.10. The van der Waals surface area contributed by atoms with Crippen LogP contribution in [0.25, 0.3) is 0 Å². The number of nitrogens with one attached hydrogen (secondary N) is 2. The van der Waals surface area contributed by atoms with E-state index in [1.807, 2.05) is 6.92 Å². The van der Waals surface area contributed by atoms with Crippen molar-refractivity contribution >= 4 is 5.91 Å². The van der Waals surface area contributed by atoms with Crippen LogP contribution >= 0.6 is 0 Å². The number of hydrogen-bond acceptors (Lipinski definition) is 4. The standard InChI is InChI=1S/C15H21F3N4O/c1-8(19-3)7-20-14(23)10-4-5-12-11(6-10)13(15(16,17)18)22-9(2)21-12/h8,10,19H,4-7H2,1-3H3,(H,20,23). The molecule has 0 bridgehead atoms. The molecule has 1 aliphatic carbocycles. The van der Waals surface area contributed by atoms with Gasteiger partial charge in [0, 0.05) is 29.8 Å². The van der Waals surface area contributed by atoms with Crippen LogP contribution in [0.4, 0.5) is 13.2 Å². The van der Waals surface area contributed by atoms with E-state index in [-0.39, 0.29) is 29.8 Å². The van der Waals surface area contributed by atoms with Crippen molar-refractivity contribution in [1.29, 1.82) is 0 Å². The molecule has 1 aromatic heterocycles. The topological polar surface area (TPSA) is 66.9 Å². The molecule has 2 atom stereocenters. The van der Waals surface area contributed by atoms with Crippen molar-refractivity contribution in [3.05, 3.63) is 22.8 Å². The number of aryl methyl sites for hydroxylation is 2. The van der Waals surface area contributed by atoms with Crippen LogP contribution in [0.15, 0.2) is 0 Å². The van der Waals surface area contributed by atoms with Crippen molar-refractivity contribution in [2.24, 2.45) is 5.92 Å². The molecular weight excluding hydrogens is 309 g/mol. The number of nitrogens with zero attached hydrogens (tertiary/aromatic N) is 2. The highest BCUT2D eigenvalue weighted by atomic mass is 19.4. The van der Waals surface area contributed by atoms with E-state index < -0.39 is 17.8 Å². The molecule has 0 spiro atoms. The summed E-state index contributed by atoms with van der Waals surface area (Å²) in [5, 5.41) is 5.77. The van der Waals surface area contributed by atoms with Crippen LogP contribution in [0.3, 0.4) is 0 Å². The molecule has 0 fully saturated rings. The second-order valence-corrected chi connectivity index (χ2v) is 5.92. The first-order valence-electron chi connectivity index (χ1n) is 7.61. The summed E-state index contributed by atoms with van der Waals surface area (Å²) < 4.78 is 39.6. The first-order valence-corrected chi connectivity index (χ1v) is 7.61. The average molecular weight is 330 g/mol. The van der Waals surface area contributed by atoms with Crippen molar-refractivity contribution < 1.29 is 18.0 Å². The minimum absolute atomic E-state index is 0.0320. The second-order valence-electron chi connectivity index (χ2n) is 5.92. The molecule has 2 rings (SSSR count). The fourth-order valence-electron chi connectivity index (χ4n) is 2.69. The lowest BCUT2D eigenvalue weighted by atomic mass is 9.85. The maximum atomic E-state index is 13.2. The summed E-state index contributed by atoms with van der Waals surface area (Å²) in [5.74, 6) is -0.577. The van der Waals surface area contributed by atoms with Gasteiger partial charge in [0.2, 0.25) is 5.91 Å². The molecule has 2 N–H and O–H groups in total. The Balaban J connectivity index is 2.18. The summed E-state index contributed by atoms with van der Waals surface area (Å²) in [6, 6.07) is 0.103. The lowest BCUT2D eigenvalue weighted by molar-refractivity contribution is -0.142. The summed E-state index contributed by atoms with van der Waals surface area (Å²) in [5.41, 5.74) is -0.422. The number of carbonyl (C=O) groups is 1. The van der Waals surface area contributed by atoms with E-state index in [2.05, 4.69) is 20.6 Å². The Kier molecular flexibility index (Phi) is 5.23. The zero-order valence-corrected chi connectivity index (χ0v) is 13.4. The molecule has 5 nitrogen and oxygen atoms in total. The number of fused-ring (bicyclic) bond motifs is 1. The van der Waals surface area contributed by atoms with Crippen LogP contribution in [0, 0.1) is 12.8 Å². The Morgan fingerprint density at radius 1 is 1.39 bits per heavy atom. The van der Waals surface area contributed by atoms with Crippen LogP contribution in [0.5, 0.6) is 0 Å². The van der Waals surface area contributed by atoms with Crippen LogP contribution in [0.2, 0.25) is 0 Å². The van der Waals surface area contributed by atoms with Gasteiger partial charge < -0.3 is 10.6 Å². The van der Waals surface area contributed by atoms with Crippen LogP contribution in [-0.4, -0.2) is 35.5 Å². The smallest absolute Gasteiger partial charge is 0.354 e. The molecule has 0 saturated carbocycles. The van der Waals surface area contributed by atoms with Crippen molar-refractivity contribution in [2.75, 3.05) is 13.6 Å². The maximum Gasteiger partial charge on any atom is 0.433 e. The van der Waals surface area contributed by atoms with Gasteiger partial charge in [-0.15, -0.1) is 0 Å². The number of amides is 1. The highest BCUT2D eigenvalue weighted by molar-refractivity contribution is 5.79. The van der Waals surface area contributed by atoms with Crippen LogP contribution < -0.4 is 10.6 Å². The average Bonchev–Trinajstić information content (AvgIpc) is 2.49. The zero-order valence-electron chi connectivity index (χ0n) is 13.4. The summed E-state index contributed by atoms with van der Waals surface area (Å²) >= 11 is 0. The number of aromatic nitrogens is 2. The lowest BCUT2D eigenvalue weighted by Crippen LogP contribution is -2.41. The second kappa shape index (κ2) is 6.82. The van der Waals surface area contributed by atoms with Crippen LogP contribution in [0.1, 0.15) is 36.1 Å². The largest absolute Gasteiger partial charge is 0.433 e. The molecule has 0 aliphatic heterocycles. The Morgan fingerprint density at radius 3 is 2.70 bits per heavy atom. The summed E-state index contributed by atoms with van der Waals surface area (Å²) in [4.78, 5) is 19.9. The number of carbonyl (C=O) groups excluding carboxylic acids is 1. The highest BCUT2D eigenvalue weighted by Gasteiger charge is 2.39. The van der Waals surface area contributed by atoms with Crippen molar-refractivity contribution in [3.63, 3.8) is 0 Å². The van der Waals surface area contributed by atoms with Gasteiger partial charge in [-0.2, -0.15) is 13.2 Å². The van der Waals surface area contributed by atoms with Gasteiger partial charge in [0.05, 0.1) is 0 Å². The predicted molar refractivity (Wildman–Crippen MR) is 78.8 cm³/mol. The fraction of sp³-hybridized carbons (Fsp3) is 0.667. The molecule has 1 aliphatic rings. The first-order chi connectivity index (χ1) is 10.7. The molecule has 0 radical (unpaired) electrons. The van der Waals surface area contributed by atoms with E-state index in [0.717, 1.165) is 0 Å². The third-order valence-corrected chi connectivity index (χ3v) is 4.10. The molecule has 0 aromatic carbocycles. The normalized spacial score (nSPS) is 19.1. The molecule has 128 valence electrons. The van der Waals surface area contributed by atoms with Gasteiger partial charge in [0.1, 0.15) is 5.82 Å². The SMILES string of the molecule is CNC(C)CNC(=O)C1CCc2nc(C)nc(C(F)(F)F)c2C1. The van der Waals surface area contributed by atoms with E-state index in [1.54, 1.807) is 7.05 Å². The van der Waals surface area contributed by atoms with Crippen LogP contribution in [-0.2, 0) is 23.8 Å². The van der Waals surface area contributed by atoms with Gasteiger partial charge in [-0.3, -0.25) is 4.79 Å². The number of halogens is 3. The monoisotopic (exact) mass is 330 g/mol. The highest BCUT2D eigenvalue weighted by Crippen LogP contribution is 2.35. The van der Waals surface area contributed by atoms with Gasteiger partial charge in [-0.1, -0.05) is 0 Å². The number of hydrogen-bond donors (Lipinski definition) is 2. The molecule has 1 aromatic rings. The first kappa shape index (κ1) is 17.7. The van der Waals surface area contributed by atoms with E-state index in [9.17, 15) is 18.0 Å². The fourth-order valence-corrected chi connectivity index (χ4v) is 2.69. The van der Waals surface area contributed by atoms with Gasteiger partial charge in [0.15, 0.2) is 5.69 Å². The van der Waals surface area contributed by atoms with Crippen molar-refractivity contribution in [2.45, 2.75) is 45.3 Å². The maximum absolute atomic E-state index is 13.2. The molecule has 1 heterocycles. The summed E-state index contributed by atoms with van der Waals surface area (Å²) in [7, 11) is 1.78. The number of alkyl halides is 3. The minimum Gasteiger partial charge on any atom is -0.354 e. The van der Waals surface area contributed by atoms with Gasteiger partial charge >= 0.3 is 6.18 Å². The van der Waals surface area contributed by atoms with Gasteiger partial charge in [-0.25, -0.2) is 9.97 Å². The Bertz CT molecular complexity index is 589. The molecule has 23 heavy (non-hydrogen) atoms. The van der Waals surface area contributed by atoms with E-state index in [4.69, 9.17) is 0 Å². The van der Waals surface area contributed by atoms with Gasteiger partial charge in [0.25, 0.3) is 0 Å². The van der Waals surface area contributed by atoms with Crippen molar-refractivity contribution in [1.82, 2.24) is 20.6 Å². The number of rotatable bonds is 4. The van der Waals surface area contributed by atoms with E-state index >= 15 is 0 Å². The number of likely N-dealkylation sites (N-methyl/N-ethyl adjacent to an activating group) is 1. The lowest BCUT2D eigenvalue weighted by Gasteiger charge is -2.26. The van der Waals surface area contributed by atoms with E-state index in [0.29, 0.717) is 25.1 Å². The zero-order chi connectivity index (χ0) is 17.2. The Hall–Kier alpha value is -1.70. The molecule has 1 amide bonds. The summed E-state index contributed by atoms with van der Waals surface area (Å²) in [6.45, 7) is 3.80. The predicted octanol–water partition coefficient (Wildman–Crippen LogP) is 1.63. The molecule has 0 saturated heterocycles. The molecule has 2 unspecified atom stereocenters. The Morgan fingerprint density at radius 2 is 2.09 bits per heavy atom. The van der Waals surface area contributed by atoms with E-state index in [1.165, 1.54) is 6.92 Å².